The SMILES string of the molecule is CCCCCCCCOC(=O)NCc1cc(C(=O)O)c(NC(=O)C(=O)O)s1. The Labute approximate surface area is 160 Å². The Morgan fingerprint density at radius 3 is 2.37 bits per heavy atom. The maximum Gasteiger partial charge on any atom is 0.407 e. The summed E-state index contributed by atoms with van der Waals surface area (Å²) >= 11 is 0.869. The van der Waals surface area contributed by atoms with Crippen LogP contribution in [-0.2, 0) is 20.9 Å². The van der Waals surface area contributed by atoms with Gasteiger partial charge in [-0.1, -0.05) is 39.0 Å². The number of alkyl carbamates (subject to hydrolysis) is 1. The first kappa shape index (κ1) is 22.4. The van der Waals surface area contributed by atoms with Crippen LogP contribution in [0.3, 0.4) is 0 Å². The van der Waals surface area contributed by atoms with Gasteiger partial charge in [-0.05, 0) is 12.5 Å². The van der Waals surface area contributed by atoms with Gasteiger partial charge in [-0.3, -0.25) is 4.79 Å². The molecule has 0 aliphatic heterocycles. The van der Waals surface area contributed by atoms with Gasteiger partial charge >= 0.3 is 23.9 Å². The van der Waals surface area contributed by atoms with E-state index in [4.69, 9.17) is 14.9 Å². The fourth-order valence-corrected chi connectivity index (χ4v) is 3.18. The maximum absolute atomic E-state index is 11.7. The van der Waals surface area contributed by atoms with Crippen LogP contribution < -0.4 is 10.6 Å². The molecular weight excluding hydrogens is 376 g/mol. The Morgan fingerprint density at radius 2 is 1.74 bits per heavy atom. The van der Waals surface area contributed by atoms with E-state index in [9.17, 15) is 19.2 Å². The molecule has 1 aromatic rings. The summed E-state index contributed by atoms with van der Waals surface area (Å²) in [6.07, 6.45) is 5.81. The molecule has 4 N–H and O–H groups in total. The highest BCUT2D eigenvalue weighted by Crippen LogP contribution is 2.28. The molecule has 0 aliphatic rings. The van der Waals surface area contributed by atoms with Crippen LogP contribution in [0.15, 0.2) is 6.07 Å². The van der Waals surface area contributed by atoms with Crippen LogP contribution >= 0.6 is 11.3 Å². The molecule has 10 heteroatoms. The third-order valence-corrected chi connectivity index (χ3v) is 4.62. The summed E-state index contributed by atoms with van der Waals surface area (Å²) in [5.74, 6) is -4.38. The monoisotopic (exact) mass is 400 g/mol. The van der Waals surface area contributed by atoms with E-state index < -0.39 is 23.9 Å². The van der Waals surface area contributed by atoms with Gasteiger partial charge in [-0.2, -0.15) is 0 Å². The summed E-state index contributed by atoms with van der Waals surface area (Å²) in [6.45, 7) is 2.45. The van der Waals surface area contributed by atoms with Gasteiger partial charge in [0.05, 0.1) is 18.7 Å². The van der Waals surface area contributed by atoms with Gasteiger partial charge in [-0.25, -0.2) is 14.4 Å². The van der Waals surface area contributed by atoms with E-state index in [1.54, 1.807) is 0 Å². The van der Waals surface area contributed by atoms with Crippen molar-refractivity contribution in [3.63, 3.8) is 0 Å². The zero-order valence-corrected chi connectivity index (χ0v) is 15.9. The van der Waals surface area contributed by atoms with Gasteiger partial charge in [-0.15, -0.1) is 11.3 Å². The van der Waals surface area contributed by atoms with Gasteiger partial charge in [0.1, 0.15) is 5.00 Å². The molecule has 2 amide bonds. The summed E-state index contributed by atoms with van der Waals surface area (Å²) in [7, 11) is 0. The highest BCUT2D eigenvalue weighted by molar-refractivity contribution is 7.16. The molecule has 0 atom stereocenters. The average molecular weight is 400 g/mol. The first-order valence-corrected chi connectivity index (χ1v) is 9.47. The minimum absolute atomic E-state index is 0.00320. The number of nitrogens with one attached hydrogen (secondary N) is 2. The van der Waals surface area contributed by atoms with Gasteiger partial charge in [0.25, 0.3) is 0 Å². The fourth-order valence-electron chi connectivity index (χ4n) is 2.20. The number of ether oxygens (including phenoxy) is 1. The molecule has 1 rings (SSSR count). The van der Waals surface area contributed by atoms with Crippen LogP contribution in [0.5, 0.6) is 0 Å². The van der Waals surface area contributed by atoms with Crippen molar-refractivity contribution in [3.8, 4) is 0 Å². The van der Waals surface area contributed by atoms with Crippen molar-refractivity contribution in [2.24, 2.45) is 0 Å². The van der Waals surface area contributed by atoms with Crippen LogP contribution in [0.4, 0.5) is 9.80 Å². The number of carboxylic acid groups (broad SMARTS) is 2. The Balaban J connectivity index is 2.43. The van der Waals surface area contributed by atoms with Crippen LogP contribution in [0.25, 0.3) is 0 Å². The topological polar surface area (TPSA) is 142 Å². The van der Waals surface area contributed by atoms with Crippen molar-refractivity contribution >= 4 is 40.3 Å². The average Bonchev–Trinajstić information content (AvgIpc) is 3.02. The molecule has 0 aromatic carbocycles. The number of aliphatic carboxylic acids is 1. The number of amides is 2. The summed E-state index contributed by atoms with van der Waals surface area (Å²) < 4.78 is 5.04. The molecule has 0 unspecified atom stereocenters. The second-order valence-corrected chi connectivity index (χ2v) is 6.91. The highest BCUT2D eigenvalue weighted by Gasteiger charge is 2.20. The highest BCUT2D eigenvalue weighted by atomic mass is 32.1. The second-order valence-electron chi connectivity index (χ2n) is 5.78. The van der Waals surface area contributed by atoms with Crippen molar-refractivity contribution in [3.05, 3.63) is 16.5 Å². The zero-order valence-electron chi connectivity index (χ0n) is 15.1. The van der Waals surface area contributed by atoms with Gasteiger partial charge < -0.3 is 25.6 Å². The number of carbonyl (C=O) groups is 4. The molecule has 0 saturated heterocycles. The second kappa shape index (κ2) is 11.9. The van der Waals surface area contributed by atoms with Crippen molar-refractivity contribution in [1.29, 1.82) is 0 Å². The Kier molecular flexibility index (Phi) is 9.88. The molecular formula is C17H24N2O7S. The number of hydrogen-bond donors (Lipinski definition) is 4. The van der Waals surface area contributed by atoms with Gasteiger partial charge in [0.15, 0.2) is 0 Å². The Hall–Kier alpha value is -2.62. The van der Waals surface area contributed by atoms with E-state index in [2.05, 4.69) is 12.2 Å². The molecule has 0 saturated carbocycles. The smallest absolute Gasteiger partial charge is 0.407 e. The van der Waals surface area contributed by atoms with Crippen LogP contribution in [0.1, 0.15) is 60.7 Å². The standard InChI is InChI=1S/C17H24N2O7S/c1-2-3-4-5-6-7-8-26-17(25)18-10-11-9-12(15(21)22)14(27-11)19-13(20)16(23)24/h9H,2-8,10H2,1H3,(H,18,25)(H,19,20)(H,21,22)(H,23,24). The molecule has 9 nitrogen and oxygen atoms in total. The molecule has 0 spiro atoms. The van der Waals surface area contributed by atoms with Crippen LogP contribution in [-0.4, -0.2) is 40.8 Å². The summed E-state index contributed by atoms with van der Waals surface area (Å²) in [6, 6.07) is 1.26. The number of rotatable bonds is 11. The largest absolute Gasteiger partial charge is 0.478 e. The van der Waals surface area contributed by atoms with E-state index in [-0.39, 0.29) is 17.1 Å². The van der Waals surface area contributed by atoms with Gasteiger partial charge in [0.2, 0.25) is 0 Å². The van der Waals surface area contributed by atoms with E-state index >= 15 is 0 Å². The molecule has 1 aromatic heterocycles. The minimum Gasteiger partial charge on any atom is -0.478 e. The van der Waals surface area contributed by atoms with Crippen molar-refractivity contribution in [2.75, 3.05) is 11.9 Å². The maximum atomic E-state index is 11.7. The quantitative estimate of drug-likeness (QED) is 0.330. The third-order valence-electron chi connectivity index (χ3n) is 3.57. The first-order chi connectivity index (χ1) is 12.8. The lowest BCUT2D eigenvalue weighted by Crippen LogP contribution is -2.23. The first-order valence-electron chi connectivity index (χ1n) is 8.66. The fraction of sp³-hybridized carbons (Fsp3) is 0.529. The van der Waals surface area contributed by atoms with E-state index in [1.807, 2.05) is 5.32 Å². The number of thiophene rings is 1. The normalized spacial score (nSPS) is 10.3. The van der Waals surface area contributed by atoms with Crippen LogP contribution in [0, 0.1) is 0 Å². The number of carboxylic acids is 2. The summed E-state index contributed by atoms with van der Waals surface area (Å²) in [4.78, 5) is 45.1. The number of hydrogen-bond acceptors (Lipinski definition) is 6. The Morgan fingerprint density at radius 1 is 1.07 bits per heavy atom. The van der Waals surface area contributed by atoms with E-state index in [0.717, 1.165) is 30.6 Å². The van der Waals surface area contributed by atoms with E-state index in [1.165, 1.54) is 25.3 Å². The molecule has 0 radical (unpaired) electrons. The third kappa shape index (κ3) is 8.54. The Bertz CT molecular complexity index is 672. The lowest BCUT2D eigenvalue weighted by molar-refractivity contribution is -0.147. The molecule has 150 valence electrons. The van der Waals surface area contributed by atoms with Crippen molar-refractivity contribution in [1.82, 2.24) is 5.32 Å². The molecule has 0 aliphatic carbocycles. The number of aromatic carboxylic acids is 1. The lowest BCUT2D eigenvalue weighted by atomic mass is 10.1. The van der Waals surface area contributed by atoms with E-state index in [0.29, 0.717) is 11.5 Å². The summed E-state index contributed by atoms with van der Waals surface area (Å²) in [5, 5.41) is 22.1. The lowest BCUT2D eigenvalue weighted by Gasteiger charge is -2.06. The number of unbranched alkanes of at least 4 members (excludes halogenated alkanes) is 5. The number of anilines is 1. The molecule has 0 fully saturated rings. The van der Waals surface area contributed by atoms with Crippen molar-refractivity contribution in [2.45, 2.75) is 52.0 Å². The number of carbonyl (C=O) groups excluding carboxylic acids is 2. The zero-order chi connectivity index (χ0) is 20.2. The summed E-state index contributed by atoms with van der Waals surface area (Å²) in [5.41, 5.74) is -0.244. The molecule has 1 heterocycles. The predicted molar refractivity (Wildman–Crippen MR) is 99.1 cm³/mol. The minimum atomic E-state index is -1.72. The molecule has 27 heavy (non-hydrogen) atoms. The van der Waals surface area contributed by atoms with Gasteiger partial charge in [0, 0.05) is 4.88 Å². The van der Waals surface area contributed by atoms with Crippen molar-refractivity contribution < 1.29 is 34.1 Å². The molecule has 0 bridgehead atoms. The predicted octanol–water partition coefficient (Wildman–Crippen LogP) is 3.06. The van der Waals surface area contributed by atoms with Crippen LogP contribution in [0.2, 0.25) is 0 Å².